The molecule has 3 aromatic rings. The average Bonchev–Trinajstić information content (AvgIpc) is 3.19. The van der Waals surface area contributed by atoms with Gasteiger partial charge in [-0.3, -0.25) is 19.0 Å². The van der Waals surface area contributed by atoms with E-state index >= 15 is 0 Å². The number of nitrogens with one attached hydrogen (secondary N) is 1. The fraction of sp³-hybridized carbons (Fsp3) is 0.423. The van der Waals surface area contributed by atoms with E-state index in [1.807, 2.05) is 6.92 Å². The van der Waals surface area contributed by atoms with Crippen LogP contribution in [0.1, 0.15) is 35.9 Å². The Morgan fingerprint density at radius 2 is 1.82 bits per heavy atom. The Kier molecular flexibility index (Phi) is 7.81. The van der Waals surface area contributed by atoms with Crippen molar-refractivity contribution in [3.05, 3.63) is 58.1 Å². The highest BCUT2D eigenvalue weighted by Gasteiger charge is 2.34. The number of amides is 2. The molecule has 2 aromatic heterocycles. The summed E-state index contributed by atoms with van der Waals surface area (Å²) >= 11 is 0. The van der Waals surface area contributed by atoms with Crippen molar-refractivity contribution in [1.82, 2.24) is 19.4 Å². The molecule has 0 radical (unpaired) electrons. The van der Waals surface area contributed by atoms with Crippen LogP contribution in [0.4, 0.5) is 13.2 Å². The predicted molar refractivity (Wildman–Crippen MR) is 134 cm³/mol. The van der Waals surface area contributed by atoms with Gasteiger partial charge in [0.2, 0.25) is 5.91 Å². The van der Waals surface area contributed by atoms with Crippen molar-refractivity contribution in [2.45, 2.75) is 38.4 Å². The van der Waals surface area contributed by atoms with Gasteiger partial charge >= 0.3 is 6.18 Å². The number of alkyl halides is 3. The lowest BCUT2D eigenvalue weighted by Gasteiger charge is -2.32. The van der Waals surface area contributed by atoms with Crippen molar-refractivity contribution in [3.8, 4) is 11.4 Å². The van der Waals surface area contributed by atoms with Gasteiger partial charge in [-0.1, -0.05) is 25.1 Å². The molecule has 2 amide bonds. The molecule has 9 nitrogen and oxygen atoms in total. The Hall–Kier alpha value is -3.80. The average molecular weight is 535 g/mol. The highest BCUT2D eigenvalue weighted by Crippen LogP contribution is 2.33. The highest BCUT2D eigenvalue weighted by molar-refractivity contribution is 6.04. The Balaban J connectivity index is 1.79. The molecule has 1 aliphatic rings. The Morgan fingerprint density at radius 1 is 1.16 bits per heavy atom. The number of ether oxygens (including phenoxy) is 1. The third kappa shape index (κ3) is 5.40. The van der Waals surface area contributed by atoms with Crippen LogP contribution in [-0.4, -0.2) is 69.5 Å². The summed E-state index contributed by atoms with van der Waals surface area (Å²) in [4.78, 5) is 40.4. The number of piperidine rings is 1. The van der Waals surface area contributed by atoms with E-state index in [4.69, 9.17) is 9.84 Å². The standard InChI is InChI=1S/C26H29F3N4O5/c1-3-17-13-19-21(25(37)33(17)18-7-5-4-6-8-18)23(38-15-26(27,28)29)22(31(19)2)24(36)30-16-9-11-32(12-10-16)20(35)14-34/h4-8,13,16,34H,3,9-12,14-15H2,1-2H3,(H,30,36). The molecule has 2 N–H and O–H groups in total. The van der Waals surface area contributed by atoms with Gasteiger partial charge in [-0.15, -0.1) is 0 Å². The number of aryl methyl sites for hydroxylation is 2. The van der Waals surface area contributed by atoms with Crippen LogP contribution in [0.5, 0.6) is 5.75 Å². The molecule has 0 atom stereocenters. The van der Waals surface area contributed by atoms with Crippen molar-refractivity contribution >= 4 is 22.7 Å². The molecule has 0 spiro atoms. The minimum atomic E-state index is -4.69. The van der Waals surface area contributed by atoms with E-state index in [9.17, 15) is 27.6 Å². The fourth-order valence-electron chi connectivity index (χ4n) is 4.81. The number of halogens is 3. The summed E-state index contributed by atoms with van der Waals surface area (Å²) in [6.45, 7) is 0.212. The molecule has 1 fully saturated rings. The maximum absolute atomic E-state index is 13.8. The number of carbonyl (C=O) groups is 2. The number of pyridine rings is 1. The maximum atomic E-state index is 13.8. The molecule has 204 valence electrons. The number of hydrogen-bond donors (Lipinski definition) is 2. The maximum Gasteiger partial charge on any atom is 0.422 e. The molecular weight excluding hydrogens is 505 g/mol. The zero-order chi connectivity index (χ0) is 27.6. The molecular formula is C26H29F3N4O5. The molecule has 0 unspecified atom stereocenters. The number of aromatic nitrogens is 2. The van der Waals surface area contributed by atoms with Crippen LogP contribution in [0.2, 0.25) is 0 Å². The molecule has 0 saturated carbocycles. The van der Waals surface area contributed by atoms with Crippen molar-refractivity contribution in [2.75, 3.05) is 26.3 Å². The van der Waals surface area contributed by atoms with E-state index in [1.54, 1.807) is 36.4 Å². The van der Waals surface area contributed by atoms with E-state index < -0.39 is 42.5 Å². The monoisotopic (exact) mass is 534 g/mol. The third-order valence-electron chi connectivity index (χ3n) is 6.69. The Morgan fingerprint density at radius 3 is 2.39 bits per heavy atom. The highest BCUT2D eigenvalue weighted by atomic mass is 19.4. The second-order valence-corrected chi connectivity index (χ2v) is 9.15. The number of para-hydroxylation sites is 1. The quantitative estimate of drug-likeness (QED) is 0.485. The molecule has 1 saturated heterocycles. The van der Waals surface area contributed by atoms with Crippen molar-refractivity contribution in [2.24, 2.45) is 7.05 Å². The normalized spacial score (nSPS) is 14.6. The first-order valence-corrected chi connectivity index (χ1v) is 12.3. The fourth-order valence-corrected chi connectivity index (χ4v) is 4.81. The van der Waals surface area contributed by atoms with Gasteiger partial charge < -0.3 is 24.6 Å². The van der Waals surface area contributed by atoms with E-state index in [2.05, 4.69) is 5.32 Å². The summed E-state index contributed by atoms with van der Waals surface area (Å²) in [7, 11) is 1.51. The van der Waals surface area contributed by atoms with Gasteiger partial charge in [0.05, 0.1) is 5.52 Å². The molecule has 1 aliphatic heterocycles. The minimum absolute atomic E-state index is 0.119. The number of fused-ring (bicyclic) bond motifs is 1. The van der Waals surface area contributed by atoms with Gasteiger partial charge in [-0.05, 0) is 37.5 Å². The summed E-state index contributed by atoms with van der Waals surface area (Å²) in [6, 6.07) is 10.0. The van der Waals surface area contributed by atoms with Crippen LogP contribution < -0.4 is 15.6 Å². The molecule has 4 rings (SSSR count). The number of hydrogen-bond acceptors (Lipinski definition) is 5. The van der Waals surface area contributed by atoms with Gasteiger partial charge in [0.1, 0.15) is 12.0 Å². The van der Waals surface area contributed by atoms with Crippen LogP contribution in [0.25, 0.3) is 16.6 Å². The van der Waals surface area contributed by atoms with Crippen molar-refractivity contribution in [3.63, 3.8) is 0 Å². The minimum Gasteiger partial charge on any atom is -0.481 e. The molecule has 38 heavy (non-hydrogen) atoms. The lowest BCUT2D eigenvalue weighted by atomic mass is 10.0. The predicted octanol–water partition coefficient (Wildman–Crippen LogP) is 2.55. The SMILES string of the molecule is CCc1cc2c(c(OCC(F)(F)F)c(C(=O)NC3CCN(C(=O)CO)CC3)n2C)c(=O)n1-c1ccccc1. The molecule has 0 bridgehead atoms. The lowest BCUT2D eigenvalue weighted by molar-refractivity contribution is -0.153. The van der Waals surface area contributed by atoms with E-state index in [1.165, 1.54) is 21.1 Å². The van der Waals surface area contributed by atoms with Crippen LogP contribution in [0, 0.1) is 0 Å². The summed E-state index contributed by atoms with van der Waals surface area (Å²) < 4.78 is 47.5. The summed E-state index contributed by atoms with van der Waals surface area (Å²) in [5, 5.41) is 11.7. The van der Waals surface area contributed by atoms with Crippen LogP contribution in [0.15, 0.2) is 41.2 Å². The second-order valence-electron chi connectivity index (χ2n) is 9.15. The van der Waals surface area contributed by atoms with Gasteiger partial charge in [0, 0.05) is 37.6 Å². The second kappa shape index (κ2) is 10.9. The number of carbonyl (C=O) groups excluding carboxylic acids is 2. The Bertz CT molecular complexity index is 1390. The topological polar surface area (TPSA) is 106 Å². The van der Waals surface area contributed by atoms with E-state index in [-0.39, 0.29) is 22.6 Å². The number of rotatable bonds is 7. The van der Waals surface area contributed by atoms with Crippen LogP contribution in [-0.2, 0) is 18.3 Å². The molecule has 12 heteroatoms. The van der Waals surface area contributed by atoms with Gasteiger partial charge in [-0.25, -0.2) is 0 Å². The summed E-state index contributed by atoms with van der Waals surface area (Å²) in [5.74, 6) is -1.52. The van der Waals surface area contributed by atoms with Gasteiger partial charge in [0.25, 0.3) is 11.5 Å². The summed E-state index contributed by atoms with van der Waals surface area (Å²) in [5.41, 5.74) is 0.655. The number of aliphatic hydroxyl groups is 1. The van der Waals surface area contributed by atoms with Gasteiger partial charge in [-0.2, -0.15) is 13.2 Å². The van der Waals surface area contributed by atoms with Gasteiger partial charge in [0.15, 0.2) is 18.1 Å². The van der Waals surface area contributed by atoms with Crippen molar-refractivity contribution in [1.29, 1.82) is 0 Å². The van der Waals surface area contributed by atoms with E-state index in [0.29, 0.717) is 43.7 Å². The zero-order valence-electron chi connectivity index (χ0n) is 21.0. The first-order valence-electron chi connectivity index (χ1n) is 12.3. The van der Waals surface area contributed by atoms with E-state index in [0.717, 1.165) is 0 Å². The third-order valence-corrected chi connectivity index (χ3v) is 6.69. The molecule has 1 aromatic carbocycles. The molecule has 3 heterocycles. The number of likely N-dealkylation sites (tertiary alicyclic amines) is 1. The largest absolute Gasteiger partial charge is 0.481 e. The zero-order valence-corrected chi connectivity index (χ0v) is 21.0. The Labute approximate surface area is 216 Å². The number of aliphatic hydroxyl groups excluding tert-OH is 1. The number of nitrogens with zero attached hydrogens (tertiary/aromatic N) is 3. The van der Waals surface area contributed by atoms with Crippen LogP contribution in [0.3, 0.4) is 0 Å². The molecule has 0 aliphatic carbocycles. The first kappa shape index (κ1) is 27.2. The first-order chi connectivity index (χ1) is 18.1. The smallest absolute Gasteiger partial charge is 0.422 e. The van der Waals surface area contributed by atoms with Crippen molar-refractivity contribution < 1.29 is 32.6 Å². The number of benzene rings is 1. The summed E-state index contributed by atoms with van der Waals surface area (Å²) in [6.07, 6.45) is -3.43. The van der Waals surface area contributed by atoms with Crippen LogP contribution >= 0.6 is 0 Å². The lowest BCUT2D eigenvalue weighted by Crippen LogP contribution is -2.47.